The average Bonchev–Trinajstić information content (AvgIpc) is 2.14. The third-order valence-electron chi connectivity index (χ3n) is 1.67. The van der Waals surface area contributed by atoms with Crippen molar-refractivity contribution in [3.8, 4) is 0 Å². The summed E-state index contributed by atoms with van der Waals surface area (Å²) in [6.07, 6.45) is 6.04. The molecule has 48 valence electrons. The smallest absolute Gasteiger partial charge is 0.0454 e. The first kappa shape index (κ1) is 6.76. The topological polar surface area (TPSA) is 0 Å². The number of hydrogen-bond acceptors (Lipinski definition) is 1. The molecule has 0 N–H and O–H groups in total. The highest BCUT2D eigenvalue weighted by atomic mass is 35.5. The molecule has 2 unspecified atom stereocenters. The van der Waals surface area contributed by atoms with E-state index in [1.807, 2.05) is 11.8 Å². The summed E-state index contributed by atoms with van der Waals surface area (Å²) < 4.78 is 0. The quantitative estimate of drug-likeness (QED) is 0.518. The van der Waals surface area contributed by atoms with E-state index in [1.165, 1.54) is 19.3 Å². The Balaban J connectivity index is 2.30. The Kier molecular flexibility index (Phi) is 2.51. The summed E-state index contributed by atoms with van der Waals surface area (Å²) in [5, 5.41) is 1.21. The fourth-order valence-electron chi connectivity index (χ4n) is 1.15. The molecule has 2 atom stereocenters. The third-order valence-corrected chi connectivity index (χ3v) is 3.52. The summed E-state index contributed by atoms with van der Waals surface area (Å²) in [4.78, 5) is 0. The Bertz CT molecular complexity index is 74.9. The van der Waals surface area contributed by atoms with Gasteiger partial charge in [-0.1, -0.05) is 6.42 Å². The molecule has 0 aliphatic heterocycles. The van der Waals surface area contributed by atoms with Crippen molar-refractivity contribution in [2.24, 2.45) is 0 Å². The van der Waals surface area contributed by atoms with Gasteiger partial charge >= 0.3 is 0 Å². The lowest BCUT2D eigenvalue weighted by Crippen LogP contribution is -2.07. The number of halogens is 1. The zero-order valence-corrected chi connectivity index (χ0v) is 6.63. The normalized spacial score (nSPS) is 38.2. The maximum Gasteiger partial charge on any atom is 0.0454 e. The van der Waals surface area contributed by atoms with Crippen molar-refractivity contribution < 1.29 is 0 Å². The fourth-order valence-corrected chi connectivity index (χ4v) is 2.57. The summed E-state index contributed by atoms with van der Waals surface area (Å²) in [5.74, 6) is 0. The van der Waals surface area contributed by atoms with Gasteiger partial charge in [0.15, 0.2) is 0 Å². The highest BCUT2D eigenvalue weighted by molar-refractivity contribution is 7.99. The lowest BCUT2D eigenvalue weighted by molar-refractivity contribution is 0.888. The van der Waals surface area contributed by atoms with Crippen molar-refractivity contribution >= 4 is 23.4 Å². The molecule has 1 fully saturated rings. The van der Waals surface area contributed by atoms with Crippen molar-refractivity contribution in [1.82, 2.24) is 0 Å². The minimum Gasteiger partial charge on any atom is -0.160 e. The van der Waals surface area contributed by atoms with E-state index in [0.29, 0.717) is 5.38 Å². The van der Waals surface area contributed by atoms with Gasteiger partial charge in [0, 0.05) is 10.6 Å². The number of thioether (sulfide) groups is 1. The van der Waals surface area contributed by atoms with Crippen LogP contribution in [0.4, 0.5) is 0 Å². The Morgan fingerprint density at radius 2 is 2.25 bits per heavy atom. The predicted octanol–water partition coefficient (Wildman–Crippen LogP) is 2.51. The SMILES string of the molecule is CSC1CCCC1Cl. The van der Waals surface area contributed by atoms with E-state index < -0.39 is 0 Å². The molecule has 0 saturated heterocycles. The van der Waals surface area contributed by atoms with E-state index in [-0.39, 0.29) is 0 Å². The van der Waals surface area contributed by atoms with Gasteiger partial charge in [0.25, 0.3) is 0 Å². The first-order valence-electron chi connectivity index (χ1n) is 3.01. The minimum atomic E-state index is 0.463. The zero-order chi connectivity index (χ0) is 5.98. The fraction of sp³-hybridized carbons (Fsp3) is 1.00. The Labute approximate surface area is 60.0 Å². The van der Waals surface area contributed by atoms with Crippen molar-refractivity contribution in [1.29, 1.82) is 0 Å². The summed E-state index contributed by atoms with van der Waals surface area (Å²) in [6, 6.07) is 0. The van der Waals surface area contributed by atoms with Crippen molar-refractivity contribution in [3.05, 3.63) is 0 Å². The van der Waals surface area contributed by atoms with Gasteiger partial charge in [-0.05, 0) is 19.1 Å². The zero-order valence-electron chi connectivity index (χ0n) is 5.06. The van der Waals surface area contributed by atoms with Gasteiger partial charge in [0.1, 0.15) is 0 Å². The number of hydrogen-bond donors (Lipinski definition) is 0. The van der Waals surface area contributed by atoms with Gasteiger partial charge in [-0.25, -0.2) is 0 Å². The first-order valence-corrected chi connectivity index (χ1v) is 4.74. The monoisotopic (exact) mass is 150 g/mol. The summed E-state index contributed by atoms with van der Waals surface area (Å²) in [7, 11) is 0. The standard InChI is InChI=1S/C6H11ClS/c1-8-6-4-2-3-5(6)7/h5-6H,2-4H2,1H3. The molecule has 0 radical (unpaired) electrons. The second kappa shape index (κ2) is 2.98. The van der Waals surface area contributed by atoms with E-state index in [1.54, 1.807) is 0 Å². The van der Waals surface area contributed by atoms with Crippen LogP contribution in [0.2, 0.25) is 0 Å². The van der Waals surface area contributed by atoms with E-state index >= 15 is 0 Å². The summed E-state index contributed by atoms with van der Waals surface area (Å²) in [5.41, 5.74) is 0. The van der Waals surface area contributed by atoms with Gasteiger partial charge in [-0.3, -0.25) is 0 Å². The Morgan fingerprint density at radius 1 is 1.50 bits per heavy atom. The van der Waals surface area contributed by atoms with Gasteiger partial charge in [0.2, 0.25) is 0 Å². The molecule has 0 aromatic rings. The highest BCUT2D eigenvalue weighted by Crippen LogP contribution is 2.31. The van der Waals surface area contributed by atoms with Gasteiger partial charge in [-0.15, -0.1) is 11.6 Å². The molecule has 0 aromatic carbocycles. The van der Waals surface area contributed by atoms with Crippen LogP contribution >= 0.6 is 23.4 Å². The molecule has 0 amide bonds. The van der Waals surface area contributed by atoms with Crippen LogP contribution in [0, 0.1) is 0 Å². The molecule has 0 nitrogen and oxygen atoms in total. The maximum atomic E-state index is 5.96. The number of alkyl halides is 1. The molecule has 0 aromatic heterocycles. The van der Waals surface area contributed by atoms with Crippen molar-refractivity contribution in [2.45, 2.75) is 29.9 Å². The van der Waals surface area contributed by atoms with E-state index in [4.69, 9.17) is 11.6 Å². The third kappa shape index (κ3) is 1.32. The molecule has 0 heterocycles. The van der Waals surface area contributed by atoms with Crippen LogP contribution in [0.25, 0.3) is 0 Å². The Morgan fingerprint density at radius 3 is 2.50 bits per heavy atom. The summed E-state index contributed by atoms with van der Waals surface area (Å²) >= 11 is 7.87. The molecule has 0 spiro atoms. The largest absolute Gasteiger partial charge is 0.160 e. The molecule has 1 saturated carbocycles. The van der Waals surface area contributed by atoms with Crippen LogP contribution in [0.3, 0.4) is 0 Å². The summed E-state index contributed by atoms with van der Waals surface area (Å²) in [6.45, 7) is 0. The van der Waals surface area contributed by atoms with Crippen LogP contribution in [0.5, 0.6) is 0 Å². The van der Waals surface area contributed by atoms with Gasteiger partial charge in [-0.2, -0.15) is 11.8 Å². The van der Waals surface area contributed by atoms with Crippen LogP contribution in [0.15, 0.2) is 0 Å². The van der Waals surface area contributed by atoms with Crippen LogP contribution in [-0.2, 0) is 0 Å². The number of rotatable bonds is 1. The second-order valence-corrected chi connectivity index (χ2v) is 3.86. The minimum absolute atomic E-state index is 0.463. The predicted molar refractivity (Wildman–Crippen MR) is 40.8 cm³/mol. The van der Waals surface area contributed by atoms with Crippen molar-refractivity contribution in [3.63, 3.8) is 0 Å². The molecule has 2 heteroatoms. The van der Waals surface area contributed by atoms with Crippen molar-refractivity contribution in [2.75, 3.05) is 6.26 Å². The molecule has 0 bridgehead atoms. The van der Waals surface area contributed by atoms with Gasteiger partial charge < -0.3 is 0 Å². The second-order valence-electron chi connectivity index (χ2n) is 2.22. The molecule has 1 aliphatic rings. The van der Waals surface area contributed by atoms with E-state index in [0.717, 1.165) is 5.25 Å². The molecule has 8 heavy (non-hydrogen) atoms. The van der Waals surface area contributed by atoms with Crippen LogP contribution < -0.4 is 0 Å². The molecule has 1 aliphatic carbocycles. The van der Waals surface area contributed by atoms with E-state index in [2.05, 4.69) is 6.26 Å². The maximum absolute atomic E-state index is 5.96. The molecular weight excluding hydrogens is 140 g/mol. The van der Waals surface area contributed by atoms with Gasteiger partial charge in [0.05, 0.1) is 0 Å². The Hall–Kier alpha value is 0.640. The molecular formula is C6H11ClS. The first-order chi connectivity index (χ1) is 3.84. The highest BCUT2D eigenvalue weighted by Gasteiger charge is 2.23. The average molecular weight is 151 g/mol. The lowest BCUT2D eigenvalue weighted by Gasteiger charge is -2.07. The van der Waals surface area contributed by atoms with E-state index in [9.17, 15) is 0 Å². The molecule has 1 rings (SSSR count). The van der Waals surface area contributed by atoms with Crippen LogP contribution in [-0.4, -0.2) is 16.9 Å². The lowest BCUT2D eigenvalue weighted by atomic mass is 10.4. The van der Waals surface area contributed by atoms with Crippen LogP contribution in [0.1, 0.15) is 19.3 Å².